The minimum atomic E-state index is -0.979. The van der Waals surface area contributed by atoms with E-state index in [1.54, 1.807) is 11.8 Å². The number of rotatable bonds is 4. The van der Waals surface area contributed by atoms with Gasteiger partial charge >= 0.3 is 5.97 Å². The zero-order chi connectivity index (χ0) is 13.0. The van der Waals surface area contributed by atoms with Gasteiger partial charge in [-0.15, -0.1) is 11.8 Å². The summed E-state index contributed by atoms with van der Waals surface area (Å²) in [5.41, 5.74) is -0.176. The molecule has 17 heavy (non-hydrogen) atoms. The average Bonchev–Trinajstić information content (AvgIpc) is 2.28. The number of thioether (sulfide) groups is 1. The van der Waals surface area contributed by atoms with Gasteiger partial charge in [0.05, 0.1) is 6.61 Å². The zero-order valence-electron chi connectivity index (χ0n) is 10.3. The van der Waals surface area contributed by atoms with Crippen LogP contribution in [0, 0.1) is 5.92 Å². The minimum Gasteiger partial charge on any atom is -0.459 e. The van der Waals surface area contributed by atoms with Gasteiger partial charge in [0.25, 0.3) is 0 Å². The van der Waals surface area contributed by atoms with E-state index in [9.17, 15) is 9.90 Å². The van der Waals surface area contributed by atoms with Crippen LogP contribution in [0.1, 0.15) is 20.8 Å². The summed E-state index contributed by atoms with van der Waals surface area (Å²) in [6.07, 6.45) is -2.30. The number of esters is 1. The fourth-order valence-corrected chi connectivity index (χ4v) is 2.94. The van der Waals surface area contributed by atoms with Crippen LogP contribution in [-0.2, 0) is 14.3 Å². The number of ether oxygens (including phenoxy) is 2. The Labute approximate surface area is 105 Å². The maximum Gasteiger partial charge on any atom is 0.303 e. The third-order valence-corrected chi connectivity index (χ3v) is 3.99. The lowest BCUT2D eigenvalue weighted by Gasteiger charge is -2.42. The monoisotopic (exact) mass is 264 g/mol. The number of aliphatic hydroxyl groups is 2. The molecular formula is C11H20O5S. The van der Waals surface area contributed by atoms with E-state index in [1.165, 1.54) is 6.92 Å². The van der Waals surface area contributed by atoms with E-state index in [-0.39, 0.29) is 18.0 Å². The van der Waals surface area contributed by atoms with Crippen LogP contribution in [0.3, 0.4) is 0 Å². The predicted octanol–water partition coefficient (Wildman–Crippen LogP) is 0.385. The third kappa shape index (κ3) is 3.58. The van der Waals surface area contributed by atoms with Gasteiger partial charge in [0.15, 0.2) is 0 Å². The molecule has 0 saturated carbocycles. The Morgan fingerprint density at radius 1 is 1.53 bits per heavy atom. The van der Waals surface area contributed by atoms with Crippen LogP contribution in [0.5, 0.6) is 0 Å². The Morgan fingerprint density at radius 2 is 2.18 bits per heavy atom. The first kappa shape index (κ1) is 14.8. The fourth-order valence-electron chi connectivity index (χ4n) is 1.93. The number of hydrogen-bond acceptors (Lipinski definition) is 6. The van der Waals surface area contributed by atoms with Gasteiger partial charge in [-0.25, -0.2) is 0 Å². The molecule has 1 rings (SSSR count). The van der Waals surface area contributed by atoms with Crippen LogP contribution in [0.25, 0.3) is 0 Å². The van der Waals surface area contributed by atoms with E-state index < -0.39 is 24.3 Å². The highest BCUT2D eigenvalue weighted by Crippen LogP contribution is 2.34. The summed E-state index contributed by atoms with van der Waals surface area (Å²) < 4.78 is 10.7. The largest absolute Gasteiger partial charge is 0.459 e. The molecule has 0 aliphatic carbocycles. The Kier molecular flexibility index (Phi) is 5.72. The molecule has 5 atom stereocenters. The van der Waals surface area contributed by atoms with Gasteiger partial charge < -0.3 is 19.7 Å². The molecule has 0 spiro atoms. The first-order chi connectivity index (χ1) is 8.01. The number of carbonyl (C=O) groups excluding carboxylic acids is 1. The highest BCUT2D eigenvalue weighted by atomic mass is 32.2. The minimum absolute atomic E-state index is 0.110. The van der Waals surface area contributed by atoms with E-state index in [4.69, 9.17) is 14.6 Å². The van der Waals surface area contributed by atoms with Gasteiger partial charge in [-0.1, -0.05) is 13.8 Å². The molecule has 1 fully saturated rings. The molecule has 0 bridgehead atoms. The maximum absolute atomic E-state index is 11.0. The lowest BCUT2D eigenvalue weighted by Crippen LogP contribution is -2.55. The first-order valence-corrected chi connectivity index (χ1v) is 6.79. The lowest BCUT2D eigenvalue weighted by molar-refractivity contribution is -0.201. The van der Waals surface area contributed by atoms with Crippen LogP contribution in [-0.4, -0.2) is 52.3 Å². The molecule has 0 aromatic heterocycles. The van der Waals surface area contributed by atoms with Crippen LogP contribution in [0.4, 0.5) is 0 Å². The van der Waals surface area contributed by atoms with Crippen molar-refractivity contribution in [2.45, 2.75) is 44.5 Å². The summed E-state index contributed by atoms with van der Waals surface area (Å²) >= 11 is 1.58. The Bertz CT molecular complexity index is 260. The highest BCUT2D eigenvalue weighted by molar-refractivity contribution is 7.99. The standard InChI is InChI=1S/C11H20O5S/c1-4-17-11-6(2)10(15-7(3)13)9(14)8(5-12)16-11/h6,8-12,14H,4-5H2,1-3H3/t6-,8?,9+,10+,11?/m0/s1. The molecule has 0 aromatic carbocycles. The van der Waals surface area contributed by atoms with E-state index in [0.29, 0.717) is 0 Å². The quantitative estimate of drug-likeness (QED) is 0.715. The predicted molar refractivity (Wildman–Crippen MR) is 64.6 cm³/mol. The van der Waals surface area contributed by atoms with Crippen molar-refractivity contribution in [3.63, 3.8) is 0 Å². The van der Waals surface area contributed by atoms with Crippen molar-refractivity contribution in [1.82, 2.24) is 0 Å². The second kappa shape index (κ2) is 6.58. The normalized spacial score (nSPS) is 37.8. The molecular weight excluding hydrogens is 244 g/mol. The van der Waals surface area contributed by atoms with Crippen LogP contribution in [0.15, 0.2) is 0 Å². The van der Waals surface area contributed by atoms with Crippen LogP contribution >= 0.6 is 11.8 Å². The van der Waals surface area contributed by atoms with Gasteiger partial charge in [0, 0.05) is 12.8 Å². The summed E-state index contributed by atoms with van der Waals surface area (Å²) in [6, 6.07) is 0. The Balaban J connectivity index is 2.78. The molecule has 0 amide bonds. The van der Waals surface area contributed by atoms with Crippen molar-refractivity contribution in [3.8, 4) is 0 Å². The molecule has 100 valence electrons. The first-order valence-electron chi connectivity index (χ1n) is 5.74. The van der Waals surface area contributed by atoms with Gasteiger partial charge in [0.2, 0.25) is 0 Å². The van der Waals surface area contributed by atoms with Crippen molar-refractivity contribution in [3.05, 3.63) is 0 Å². The second-order valence-corrected chi connectivity index (χ2v) is 5.48. The molecule has 0 aromatic rings. The molecule has 0 radical (unpaired) electrons. The van der Waals surface area contributed by atoms with Crippen molar-refractivity contribution in [2.75, 3.05) is 12.4 Å². The Morgan fingerprint density at radius 3 is 2.65 bits per heavy atom. The number of hydrogen-bond donors (Lipinski definition) is 2. The van der Waals surface area contributed by atoms with E-state index in [1.807, 2.05) is 13.8 Å². The summed E-state index contributed by atoms with van der Waals surface area (Å²) in [6.45, 7) is 4.90. The Hall–Kier alpha value is -0.300. The smallest absolute Gasteiger partial charge is 0.303 e. The number of carbonyl (C=O) groups is 1. The van der Waals surface area contributed by atoms with Crippen molar-refractivity contribution >= 4 is 17.7 Å². The lowest BCUT2D eigenvalue weighted by atomic mass is 9.93. The molecule has 1 aliphatic rings. The van der Waals surface area contributed by atoms with Crippen LogP contribution in [0.2, 0.25) is 0 Å². The van der Waals surface area contributed by atoms with Gasteiger partial charge in [-0.3, -0.25) is 4.79 Å². The molecule has 2 N–H and O–H groups in total. The molecule has 5 nitrogen and oxygen atoms in total. The molecule has 2 unspecified atom stereocenters. The van der Waals surface area contributed by atoms with Crippen molar-refractivity contribution in [2.24, 2.45) is 5.92 Å². The molecule has 1 heterocycles. The van der Waals surface area contributed by atoms with Gasteiger partial charge in [-0.05, 0) is 5.75 Å². The van der Waals surface area contributed by atoms with Crippen molar-refractivity contribution < 1.29 is 24.5 Å². The topological polar surface area (TPSA) is 76.0 Å². The number of aliphatic hydroxyl groups excluding tert-OH is 2. The average molecular weight is 264 g/mol. The molecule has 1 saturated heterocycles. The van der Waals surface area contributed by atoms with E-state index >= 15 is 0 Å². The molecule has 6 heteroatoms. The summed E-state index contributed by atoms with van der Waals surface area (Å²) in [7, 11) is 0. The SMILES string of the molecule is CCSC1OC(CO)[C@@H](O)[C@H](OC(C)=O)[C@@H]1C. The zero-order valence-corrected chi connectivity index (χ0v) is 11.1. The summed E-state index contributed by atoms with van der Waals surface area (Å²) in [4.78, 5) is 11.0. The van der Waals surface area contributed by atoms with Gasteiger partial charge in [-0.2, -0.15) is 0 Å². The van der Waals surface area contributed by atoms with E-state index in [0.717, 1.165) is 5.75 Å². The fraction of sp³-hybridized carbons (Fsp3) is 0.909. The van der Waals surface area contributed by atoms with Crippen molar-refractivity contribution in [1.29, 1.82) is 0 Å². The van der Waals surface area contributed by atoms with Gasteiger partial charge in [0.1, 0.15) is 23.7 Å². The summed E-state index contributed by atoms with van der Waals surface area (Å²) in [5, 5.41) is 19.1. The second-order valence-electron chi connectivity index (χ2n) is 4.10. The van der Waals surface area contributed by atoms with E-state index in [2.05, 4.69) is 0 Å². The maximum atomic E-state index is 11.0. The molecule has 1 aliphatic heterocycles. The van der Waals surface area contributed by atoms with Crippen LogP contribution < -0.4 is 0 Å². The summed E-state index contributed by atoms with van der Waals surface area (Å²) in [5.74, 6) is 0.317. The highest BCUT2D eigenvalue weighted by Gasteiger charge is 2.44. The third-order valence-electron chi connectivity index (χ3n) is 2.79.